The Morgan fingerprint density at radius 2 is 1.58 bits per heavy atom. The first-order valence-corrected chi connectivity index (χ1v) is 10.7. The predicted molar refractivity (Wildman–Crippen MR) is 120 cm³/mol. The molecular weight excluding hydrogens is 424 g/mol. The Hall–Kier alpha value is -4.07. The van der Waals surface area contributed by atoms with E-state index in [1.165, 1.54) is 6.07 Å². The SMILES string of the molecule is O=C(O)CCCNC(=O)c1ccc(CNC(=O)OCC2c3ccccc3-c3ccccc32)o1. The molecule has 0 fully saturated rings. The van der Waals surface area contributed by atoms with E-state index in [0.29, 0.717) is 12.2 Å². The maximum Gasteiger partial charge on any atom is 0.407 e. The number of carbonyl (C=O) groups excluding carboxylic acids is 2. The van der Waals surface area contributed by atoms with Crippen molar-refractivity contribution in [2.75, 3.05) is 13.2 Å². The number of benzene rings is 2. The predicted octanol–water partition coefficient (Wildman–Crippen LogP) is 3.91. The molecular formula is C25H24N2O6. The molecule has 1 aromatic heterocycles. The fraction of sp³-hybridized carbons (Fsp3) is 0.240. The van der Waals surface area contributed by atoms with Crippen LogP contribution in [0.4, 0.5) is 4.79 Å². The van der Waals surface area contributed by atoms with E-state index in [2.05, 4.69) is 34.9 Å². The highest BCUT2D eigenvalue weighted by atomic mass is 16.5. The molecule has 0 radical (unpaired) electrons. The summed E-state index contributed by atoms with van der Waals surface area (Å²) in [7, 11) is 0. The number of rotatable bonds is 9. The number of carboxylic acids is 1. The number of alkyl carbamates (subject to hydrolysis) is 1. The molecule has 0 aliphatic heterocycles. The summed E-state index contributed by atoms with van der Waals surface area (Å²) in [5.74, 6) is -0.881. The zero-order chi connectivity index (χ0) is 23.2. The number of nitrogens with one attached hydrogen (secondary N) is 2. The molecule has 8 nitrogen and oxygen atoms in total. The minimum Gasteiger partial charge on any atom is -0.481 e. The number of hydrogen-bond donors (Lipinski definition) is 3. The fourth-order valence-electron chi connectivity index (χ4n) is 3.93. The van der Waals surface area contributed by atoms with Gasteiger partial charge in [0, 0.05) is 18.9 Å². The number of hydrogen-bond acceptors (Lipinski definition) is 5. The van der Waals surface area contributed by atoms with Crippen LogP contribution in [0.2, 0.25) is 0 Å². The van der Waals surface area contributed by atoms with E-state index in [0.717, 1.165) is 22.3 Å². The highest BCUT2D eigenvalue weighted by Crippen LogP contribution is 2.44. The Bertz CT molecular complexity index is 1120. The van der Waals surface area contributed by atoms with Crippen molar-refractivity contribution in [3.8, 4) is 11.1 Å². The summed E-state index contributed by atoms with van der Waals surface area (Å²) in [6.07, 6.45) is -0.265. The second-order valence-corrected chi connectivity index (χ2v) is 7.70. The Morgan fingerprint density at radius 1 is 0.909 bits per heavy atom. The molecule has 0 saturated heterocycles. The topological polar surface area (TPSA) is 118 Å². The summed E-state index contributed by atoms with van der Waals surface area (Å²) in [5.41, 5.74) is 4.59. The third-order valence-electron chi connectivity index (χ3n) is 5.49. The molecule has 170 valence electrons. The molecule has 1 heterocycles. The van der Waals surface area contributed by atoms with Crippen molar-refractivity contribution in [3.63, 3.8) is 0 Å². The number of ether oxygens (including phenoxy) is 1. The van der Waals surface area contributed by atoms with Gasteiger partial charge < -0.3 is 24.9 Å². The van der Waals surface area contributed by atoms with E-state index in [4.69, 9.17) is 14.3 Å². The number of furan rings is 1. The van der Waals surface area contributed by atoms with Crippen LogP contribution in [0.1, 0.15) is 46.2 Å². The summed E-state index contributed by atoms with van der Waals surface area (Å²) in [6.45, 7) is 0.518. The monoisotopic (exact) mass is 448 g/mol. The Balaban J connectivity index is 1.26. The van der Waals surface area contributed by atoms with Gasteiger partial charge in [-0.3, -0.25) is 9.59 Å². The van der Waals surface area contributed by atoms with Crippen LogP contribution in [0.5, 0.6) is 0 Å². The summed E-state index contributed by atoms with van der Waals surface area (Å²) in [4.78, 5) is 34.8. The molecule has 1 aliphatic carbocycles. The van der Waals surface area contributed by atoms with E-state index in [1.54, 1.807) is 6.07 Å². The highest BCUT2D eigenvalue weighted by Gasteiger charge is 2.29. The summed E-state index contributed by atoms with van der Waals surface area (Å²) in [6, 6.07) is 19.3. The van der Waals surface area contributed by atoms with Gasteiger partial charge in [0.25, 0.3) is 5.91 Å². The third-order valence-corrected chi connectivity index (χ3v) is 5.49. The quantitative estimate of drug-likeness (QED) is 0.427. The van der Waals surface area contributed by atoms with Crippen molar-refractivity contribution in [1.82, 2.24) is 10.6 Å². The average molecular weight is 448 g/mol. The lowest BCUT2D eigenvalue weighted by Gasteiger charge is -2.14. The molecule has 3 aromatic rings. The van der Waals surface area contributed by atoms with Crippen molar-refractivity contribution in [2.24, 2.45) is 0 Å². The number of amides is 2. The van der Waals surface area contributed by atoms with Gasteiger partial charge in [-0.05, 0) is 40.8 Å². The van der Waals surface area contributed by atoms with E-state index < -0.39 is 18.0 Å². The van der Waals surface area contributed by atoms with Gasteiger partial charge in [0.2, 0.25) is 0 Å². The van der Waals surface area contributed by atoms with Crippen LogP contribution in [0.15, 0.2) is 65.1 Å². The number of fused-ring (bicyclic) bond motifs is 3. The molecule has 1 aliphatic rings. The van der Waals surface area contributed by atoms with Crippen molar-refractivity contribution in [1.29, 1.82) is 0 Å². The van der Waals surface area contributed by atoms with Gasteiger partial charge in [-0.15, -0.1) is 0 Å². The molecule has 33 heavy (non-hydrogen) atoms. The van der Waals surface area contributed by atoms with Crippen molar-refractivity contribution >= 4 is 18.0 Å². The summed E-state index contributed by atoms with van der Waals surface area (Å²) < 4.78 is 10.9. The van der Waals surface area contributed by atoms with Gasteiger partial charge in [-0.2, -0.15) is 0 Å². The molecule has 0 saturated carbocycles. The summed E-state index contributed by atoms with van der Waals surface area (Å²) in [5, 5.41) is 13.8. The molecule has 8 heteroatoms. The zero-order valence-corrected chi connectivity index (χ0v) is 17.9. The lowest BCUT2D eigenvalue weighted by Crippen LogP contribution is -2.25. The first kappa shape index (κ1) is 22.1. The second kappa shape index (κ2) is 10.0. The van der Waals surface area contributed by atoms with Gasteiger partial charge in [-0.1, -0.05) is 48.5 Å². The van der Waals surface area contributed by atoms with Crippen LogP contribution in [-0.2, 0) is 16.1 Å². The number of carbonyl (C=O) groups is 3. The number of aliphatic carboxylic acids is 1. The first-order valence-electron chi connectivity index (χ1n) is 10.7. The van der Waals surface area contributed by atoms with E-state index >= 15 is 0 Å². The molecule has 3 N–H and O–H groups in total. The molecule has 0 atom stereocenters. The van der Waals surface area contributed by atoms with Gasteiger partial charge >= 0.3 is 12.1 Å². The fourth-order valence-corrected chi connectivity index (χ4v) is 3.93. The maximum absolute atomic E-state index is 12.3. The van der Waals surface area contributed by atoms with E-state index in [9.17, 15) is 14.4 Å². The van der Waals surface area contributed by atoms with Gasteiger partial charge in [0.1, 0.15) is 12.4 Å². The van der Waals surface area contributed by atoms with Crippen LogP contribution in [0, 0.1) is 0 Å². The largest absolute Gasteiger partial charge is 0.481 e. The lowest BCUT2D eigenvalue weighted by atomic mass is 9.98. The number of carboxylic acid groups (broad SMARTS) is 1. The van der Waals surface area contributed by atoms with Crippen LogP contribution in [0.3, 0.4) is 0 Å². The molecule has 0 unspecified atom stereocenters. The second-order valence-electron chi connectivity index (χ2n) is 7.70. The Kier molecular flexibility index (Phi) is 6.73. The van der Waals surface area contributed by atoms with Crippen molar-refractivity contribution in [3.05, 3.63) is 83.3 Å². The normalized spacial score (nSPS) is 12.0. The van der Waals surface area contributed by atoms with Crippen LogP contribution in [-0.4, -0.2) is 36.2 Å². The minimum absolute atomic E-state index is 0.0201. The first-order chi connectivity index (χ1) is 16.0. The summed E-state index contributed by atoms with van der Waals surface area (Å²) >= 11 is 0. The van der Waals surface area contributed by atoms with E-state index in [1.807, 2.05) is 24.3 Å². The zero-order valence-electron chi connectivity index (χ0n) is 17.9. The van der Waals surface area contributed by atoms with Gasteiger partial charge in [0.05, 0.1) is 6.54 Å². The molecule has 0 bridgehead atoms. The van der Waals surface area contributed by atoms with Crippen molar-refractivity contribution < 1.29 is 28.6 Å². The molecule has 2 aromatic carbocycles. The van der Waals surface area contributed by atoms with Crippen LogP contribution in [0.25, 0.3) is 11.1 Å². The molecule has 4 rings (SSSR count). The van der Waals surface area contributed by atoms with Gasteiger partial charge in [-0.25, -0.2) is 4.79 Å². The van der Waals surface area contributed by atoms with Crippen molar-refractivity contribution in [2.45, 2.75) is 25.3 Å². The van der Waals surface area contributed by atoms with Crippen LogP contribution < -0.4 is 10.6 Å². The Labute approximate surface area is 190 Å². The average Bonchev–Trinajstić information content (AvgIpc) is 3.42. The maximum atomic E-state index is 12.3. The van der Waals surface area contributed by atoms with Crippen LogP contribution >= 0.6 is 0 Å². The van der Waals surface area contributed by atoms with Gasteiger partial charge in [0.15, 0.2) is 5.76 Å². The standard InChI is InChI=1S/C25H24N2O6/c28-23(29)10-5-13-26-24(30)22-12-11-16(33-22)14-27-25(31)32-15-21-19-8-3-1-6-17(19)18-7-2-4-9-20(18)21/h1-4,6-9,11-12,21H,5,10,13-15H2,(H,26,30)(H,27,31)(H,28,29). The smallest absolute Gasteiger partial charge is 0.407 e. The van der Waals surface area contributed by atoms with E-state index in [-0.39, 0.29) is 37.8 Å². The lowest BCUT2D eigenvalue weighted by molar-refractivity contribution is -0.137. The Morgan fingerprint density at radius 3 is 2.24 bits per heavy atom. The third kappa shape index (κ3) is 5.23. The highest BCUT2D eigenvalue weighted by molar-refractivity contribution is 5.91. The molecule has 2 amide bonds. The molecule has 0 spiro atoms. The minimum atomic E-state index is -0.913.